The molecule has 5 heteroatoms. The highest BCUT2D eigenvalue weighted by Gasteiger charge is 2.24. The van der Waals surface area contributed by atoms with Crippen molar-refractivity contribution in [3.05, 3.63) is 28.7 Å². The lowest BCUT2D eigenvalue weighted by molar-refractivity contribution is 0.599. The van der Waals surface area contributed by atoms with Crippen LogP contribution in [-0.2, 0) is 0 Å². The fraction of sp³-hybridized carbons (Fsp3) is 0.588. The van der Waals surface area contributed by atoms with Crippen LogP contribution in [0.2, 0.25) is 0 Å². The second-order valence-electron chi connectivity index (χ2n) is 6.22. The van der Waals surface area contributed by atoms with Gasteiger partial charge in [-0.25, -0.2) is 0 Å². The maximum atomic E-state index is 4.78. The van der Waals surface area contributed by atoms with Crippen molar-refractivity contribution in [1.29, 1.82) is 0 Å². The first-order chi connectivity index (χ1) is 10.7. The van der Waals surface area contributed by atoms with E-state index in [1.807, 2.05) is 0 Å². The molecule has 4 nitrogen and oxygen atoms in total. The Morgan fingerprint density at radius 3 is 2.95 bits per heavy atom. The van der Waals surface area contributed by atoms with Crippen molar-refractivity contribution in [1.82, 2.24) is 10.6 Å². The first-order valence-corrected chi connectivity index (χ1v) is 9.09. The number of guanidine groups is 1. The predicted octanol–water partition coefficient (Wildman–Crippen LogP) is 2.99. The predicted molar refractivity (Wildman–Crippen MR) is 96.6 cm³/mol. The second kappa shape index (κ2) is 7.36. The molecule has 1 saturated heterocycles. The van der Waals surface area contributed by atoms with Crippen LogP contribution >= 0.6 is 15.9 Å². The monoisotopic (exact) mass is 364 g/mol. The number of halogens is 1. The molecule has 1 saturated carbocycles. The highest BCUT2D eigenvalue weighted by molar-refractivity contribution is 9.10. The van der Waals surface area contributed by atoms with Gasteiger partial charge in [-0.3, -0.25) is 4.99 Å². The maximum Gasteiger partial charge on any atom is 0.191 e. The van der Waals surface area contributed by atoms with Crippen LogP contribution in [-0.4, -0.2) is 38.2 Å². The van der Waals surface area contributed by atoms with E-state index >= 15 is 0 Å². The van der Waals surface area contributed by atoms with Gasteiger partial charge in [-0.1, -0.05) is 22.0 Å². The number of nitrogens with zero attached hydrogens (tertiary/aromatic N) is 2. The van der Waals surface area contributed by atoms with Gasteiger partial charge in [-0.05, 0) is 50.3 Å². The van der Waals surface area contributed by atoms with Gasteiger partial charge in [0.05, 0.1) is 0 Å². The molecule has 0 aromatic heterocycles. The third-order valence-electron chi connectivity index (χ3n) is 4.23. The average molecular weight is 365 g/mol. The number of benzene rings is 1. The van der Waals surface area contributed by atoms with Gasteiger partial charge in [0, 0.05) is 42.4 Å². The Morgan fingerprint density at radius 2 is 2.23 bits per heavy atom. The SMILES string of the molecule is CCNC(=NCC1CCN(c2cccc(Br)c2)C1)NC1CC1. The molecule has 1 atom stereocenters. The zero-order valence-corrected chi connectivity index (χ0v) is 14.8. The Morgan fingerprint density at radius 1 is 1.36 bits per heavy atom. The average Bonchev–Trinajstić information content (AvgIpc) is 3.20. The summed E-state index contributed by atoms with van der Waals surface area (Å²) < 4.78 is 1.15. The summed E-state index contributed by atoms with van der Waals surface area (Å²) in [5.74, 6) is 1.64. The molecule has 1 unspecified atom stereocenters. The lowest BCUT2D eigenvalue weighted by Gasteiger charge is -2.18. The van der Waals surface area contributed by atoms with E-state index in [2.05, 4.69) is 62.7 Å². The minimum Gasteiger partial charge on any atom is -0.371 e. The standard InChI is InChI=1S/C17H25BrN4/c1-2-19-17(21-15-6-7-15)20-11-13-8-9-22(12-13)16-5-3-4-14(18)10-16/h3-5,10,13,15H,2,6-9,11-12H2,1H3,(H2,19,20,21). The van der Waals surface area contributed by atoms with Crippen LogP contribution in [0.5, 0.6) is 0 Å². The topological polar surface area (TPSA) is 39.7 Å². The highest BCUT2D eigenvalue weighted by Crippen LogP contribution is 2.26. The molecule has 3 rings (SSSR count). The molecule has 1 aromatic carbocycles. The molecule has 22 heavy (non-hydrogen) atoms. The van der Waals surface area contributed by atoms with Gasteiger partial charge in [0.1, 0.15) is 0 Å². The molecular formula is C17H25BrN4. The molecule has 0 bridgehead atoms. The van der Waals surface area contributed by atoms with Crippen molar-refractivity contribution in [2.45, 2.75) is 32.2 Å². The van der Waals surface area contributed by atoms with Crippen molar-refractivity contribution in [3.8, 4) is 0 Å². The van der Waals surface area contributed by atoms with Gasteiger partial charge < -0.3 is 15.5 Å². The molecule has 2 fully saturated rings. The quantitative estimate of drug-likeness (QED) is 0.623. The number of hydrogen-bond donors (Lipinski definition) is 2. The summed E-state index contributed by atoms with van der Waals surface area (Å²) >= 11 is 3.56. The van der Waals surface area contributed by atoms with E-state index in [1.165, 1.54) is 24.9 Å². The summed E-state index contributed by atoms with van der Waals surface area (Å²) in [7, 11) is 0. The third kappa shape index (κ3) is 4.38. The van der Waals surface area contributed by atoms with Crippen molar-refractivity contribution < 1.29 is 0 Å². The van der Waals surface area contributed by atoms with Crippen LogP contribution in [0.15, 0.2) is 33.7 Å². The highest BCUT2D eigenvalue weighted by atomic mass is 79.9. The molecular weight excluding hydrogens is 340 g/mol. The van der Waals surface area contributed by atoms with Crippen molar-refractivity contribution in [2.75, 3.05) is 31.1 Å². The number of aliphatic imine (C=N–C) groups is 1. The molecule has 2 aliphatic rings. The number of nitrogens with one attached hydrogen (secondary N) is 2. The summed E-state index contributed by atoms with van der Waals surface area (Å²) in [4.78, 5) is 7.24. The van der Waals surface area contributed by atoms with Gasteiger partial charge >= 0.3 is 0 Å². The molecule has 1 aliphatic heterocycles. The van der Waals surface area contributed by atoms with Crippen LogP contribution in [0.25, 0.3) is 0 Å². The minimum atomic E-state index is 0.647. The number of rotatable bonds is 5. The normalized spacial score (nSPS) is 22.0. The number of anilines is 1. The summed E-state index contributed by atoms with van der Waals surface area (Å²) in [6, 6.07) is 9.22. The Balaban J connectivity index is 1.53. The van der Waals surface area contributed by atoms with Gasteiger partial charge in [0.2, 0.25) is 0 Å². The Bertz CT molecular complexity index is 527. The lowest BCUT2D eigenvalue weighted by Crippen LogP contribution is -2.39. The van der Waals surface area contributed by atoms with E-state index in [0.717, 1.165) is 36.6 Å². The molecule has 120 valence electrons. The molecule has 0 amide bonds. The molecule has 1 aliphatic carbocycles. The van der Waals surface area contributed by atoms with Crippen LogP contribution in [0.3, 0.4) is 0 Å². The van der Waals surface area contributed by atoms with Crippen molar-refractivity contribution in [3.63, 3.8) is 0 Å². The Hall–Kier alpha value is -1.23. The summed E-state index contributed by atoms with van der Waals surface area (Å²) in [6.07, 6.45) is 3.79. The van der Waals surface area contributed by atoms with E-state index in [0.29, 0.717) is 12.0 Å². The summed E-state index contributed by atoms with van der Waals surface area (Å²) in [6.45, 7) is 6.18. The minimum absolute atomic E-state index is 0.647. The molecule has 0 spiro atoms. The van der Waals surface area contributed by atoms with Crippen LogP contribution in [0.1, 0.15) is 26.2 Å². The van der Waals surface area contributed by atoms with E-state index in [-0.39, 0.29) is 0 Å². The molecule has 0 radical (unpaired) electrons. The van der Waals surface area contributed by atoms with Crippen molar-refractivity contribution in [2.24, 2.45) is 10.9 Å². The Labute approximate surface area is 141 Å². The molecule has 1 aromatic rings. The second-order valence-corrected chi connectivity index (χ2v) is 7.13. The molecule has 2 N–H and O–H groups in total. The van der Waals surface area contributed by atoms with Gasteiger partial charge in [-0.15, -0.1) is 0 Å². The Kier molecular flexibility index (Phi) is 5.24. The summed E-state index contributed by atoms with van der Waals surface area (Å²) in [5.41, 5.74) is 1.31. The largest absolute Gasteiger partial charge is 0.371 e. The van der Waals surface area contributed by atoms with Gasteiger partial charge in [-0.2, -0.15) is 0 Å². The maximum absolute atomic E-state index is 4.78. The third-order valence-corrected chi connectivity index (χ3v) is 4.72. The fourth-order valence-corrected chi connectivity index (χ4v) is 3.24. The van der Waals surface area contributed by atoms with Gasteiger partial charge in [0.15, 0.2) is 5.96 Å². The van der Waals surface area contributed by atoms with Crippen LogP contribution < -0.4 is 15.5 Å². The van der Waals surface area contributed by atoms with Crippen LogP contribution in [0.4, 0.5) is 5.69 Å². The van der Waals surface area contributed by atoms with E-state index in [1.54, 1.807) is 0 Å². The molecule has 1 heterocycles. The summed E-state index contributed by atoms with van der Waals surface area (Å²) in [5, 5.41) is 6.83. The fourth-order valence-electron chi connectivity index (χ4n) is 2.85. The zero-order chi connectivity index (χ0) is 15.4. The first-order valence-electron chi connectivity index (χ1n) is 8.30. The van der Waals surface area contributed by atoms with Crippen LogP contribution in [0, 0.1) is 5.92 Å². The van der Waals surface area contributed by atoms with Crippen molar-refractivity contribution >= 4 is 27.6 Å². The first kappa shape index (κ1) is 15.7. The smallest absolute Gasteiger partial charge is 0.191 e. The number of hydrogen-bond acceptors (Lipinski definition) is 2. The zero-order valence-electron chi connectivity index (χ0n) is 13.2. The van der Waals surface area contributed by atoms with E-state index in [4.69, 9.17) is 4.99 Å². The van der Waals surface area contributed by atoms with Gasteiger partial charge in [0.25, 0.3) is 0 Å². The lowest BCUT2D eigenvalue weighted by atomic mass is 10.1. The van der Waals surface area contributed by atoms with E-state index < -0.39 is 0 Å². The van der Waals surface area contributed by atoms with E-state index in [9.17, 15) is 0 Å².